The molecule has 0 N–H and O–H groups in total. The molecule has 0 amide bonds. The van der Waals surface area contributed by atoms with Crippen molar-refractivity contribution in [1.82, 2.24) is 9.93 Å². The molecule has 0 heterocycles. The van der Waals surface area contributed by atoms with Crippen molar-refractivity contribution in [2.45, 2.75) is 0 Å². The Morgan fingerprint density at radius 2 is 1.71 bits per heavy atom. The molecule has 0 fully saturated rings. The van der Waals surface area contributed by atoms with E-state index in [1.807, 2.05) is 31.1 Å². The molecule has 0 aromatic rings. The normalized spacial score (nSPS) is 8.57. The first-order chi connectivity index (χ1) is 3.18. The van der Waals surface area contributed by atoms with E-state index in [0.29, 0.717) is 0 Å². The average Bonchev–Trinajstić information content (AvgIpc) is 1.65. The Balaban J connectivity index is 3.33. The molecule has 0 aliphatic rings. The van der Waals surface area contributed by atoms with E-state index in [9.17, 15) is 0 Å². The Morgan fingerprint density at radius 3 is 1.71 bits per heavy atom. The van der Waals surface area contributed by atoms with Crippen LogP contribution in [0.5, 0.6) is 0 Å². The predicted molar refractivity (Wildman–Crippen MR) is 34.3 cm³/mol. The number of hydrogen-bond acceptors (Lipinski definition) is 2. The van der Waals surface area contributed by atoms with Gasteiger partial charge in [-0.2, -0.15) is 0 Å². The van der Waals surface area contributed by atoms with Crippen molar-refractivity contribution in [2.24, 2.45) is 0 Å². The van der Waals surface area contributed by atoms with Crippen LogP contribution in [0.15, 0.2) is 0 Å². The van der Waals surface area contributed by atoms with Crippen LogP contribution in [-0.4, -0.2) is 44.6 Å². The Hall–Kier alpha value is -0.305. The van der Waals surface area contributed by atoms with Gasteiger partial charge in [0.05, 0.1) is 0 Å². The third kappa shape index (κ3) is 2.40. The molecule has 7 heavy (non-hydrogen) atoms. The summed E-state index contributed by atoms with van der Waals surface area (Å²) in [6, 6.07) is 0. The Morgan fingerprint density at radius 1 is 1.29 bits per heavy atom. The minimum absolute atomic E-state index is 1.75. The average molecular weight is 98.0 g/mol. The minimum atomic E-state index is 1.75. The van der Waals surface area contributed by atoms with Gasteiger partial charge in [0.2, 0.25) is 0 Å². The van der Waals surface area contributed by atoms with Crippen molar-refractivity contribution in [3.05, 3.63) is 0 Å². The van der Waals surface area contributed by atoms with Crippen LogP contribution in [-0.2, 0) is 0 Å². The number of hydrazine groups is 1. The molecule has 0 bridgehead atoms. The van der Waals surface area contributed by atoms with Gasteiger partial charge in [-0.15, -0.1) is 0 Å². The van der Waals surface area contributed by atoms with Gasteiger partial charge in [0.25, 0.3) is 0 Å². The molecule has 0 saturated heterocycles. The molecule has 40 valence electrons. The van der Waals surface area contributed by atoms with Gasteiger partial charge in [0.15, 0.2) is 0 Å². The van der Waals surface area contributed by atoms with Crippen LogP contribution in [0.2, 0.25) is 0 Å². The van der Waals surface area contributed by atoms with Gasteiger partial charge < -0.3 is 0 Å². The van der Waals surface area contributed by atoms with Crippen LogP contribution in [0.1, 0.15) is 0 Å². The number of rotatable bonds is 2. The summed E-state index contributed by atoms with van der Waals surface area (Å²) in [5.41, 5.74) is 0. The van der Waals surface area contributed by atoms with E-state index in [1.165, 1.54) is 0 Å². The molecule has 0 aliphatic heterocycles. The first-order valence-electron chi connectivity index (χ1n) is 2.21. The van der Waals surface area contributed by atoms with E-state index in [1.54, 1.807) is 7.06 Å². The molecule has 0 aliphatic carbocycles. The van der Waals surface area contributed by atoms with E-state index in [0.717, 1.165) is 0 Å². The molecule has 0 radical (unpaired) electrons. The fraction of sp³-hybridized carbons (Fsp3) is 0.750. The quantitative estimate of drug-likeness (QED) is 0.337. The van der Waals surface area contributed by atoms with E-state index < -0.39 is 0 Å². The molecule has 0 spiro atoms. The molecule has 0 aromatic heterocycles. The van der Waals surface area contributed by atoms with Gasteiger partial charge in [0, 0.05) is 0 Å². The van der Waals surface area contributed by atoms with E-state index in [-0.39, 0.29) is 0 Å². The summed E-state index contributed by atoms with van der Waals surface area (Å²) in [5.74, 6) is 0. The molecule has 0 unspecified atom stereocenters. The maximum atomic E-state index is 3.57. The van der Waals surface area contributed by atoms with E-state index in [2.05, 4.69) is 6.47 Å². The van der Waals surface area contributed by atoms with Crippen LogP contribution in [0, 0.1) is 0 Å². The van der Waals surface area contributed by atoms with Crippen LogP contribution < -0.4 is 0 Å². The van der Waals surface area contributed by atoms with Gasteiger partial charge >= 0.3 is 44.6 Å². The molecule has 0 aromatic carbocycles. The summed E-state index contributed by atoms with van der Waals surface area (Å²) in [5, 5.41) is 1.94. The van der Waals surface area contributed by atoms with Gasteiger partial charge in [-0.25, -0.2) is 0 Å². The zero-order valence-corrected chi connectivity index (χ0v) is 5.18. The second-order valence-corrected chi connectivity index (χ2v) is 1.60. The third-order valence-electron chi connectivity index (χ3n) is 0.895. The van der Waals surface area contributed by atoms with Gasteiger partial charge in [0.1, 0.15) is 0 Å². The zero-order chi connectivity index (χ0) is 5.86. The molecular formula is C4H11BN2. The Labute approximate surface area is 45.6 Å². The summed E-state index contributed by atoms with van der Waals surface area (Å²) in [6.07, 6.45) is 0. The number of nitrogens with zero attached hydrogens (tertiary/aromatic N) is 2. The zero-order valence-electron chi connectivity index (χ0n) is 5.18. The molecule has 0 rings (SSSR count). The van der Waals surface area contributed by atoms with Crippen LogP contribution in [0.4, 0.5) is 0 Å². The van der Waals surface area contributed by atoms with Crippen molar-refractivity contribution in [3.63, 3.8) is 0 Å². The molecule has 2 nitrogen and oxygen atoms in total. The summed E-state index contributed by atoms with van der Waals surface area (Å²) >= 11 is 0. The maximum absolute atomic E-state index is 3.57. The van der Waals surface area contributed by atoms with Crippen molar-refractivity contribution in [3.8, 4) is 0 Å². The summed E-state index contributed by atoms with van der Waals surface area (Å²) in [6.45, 7) is 3.57. The van der Waals surface area contributed by atoms with Gasteiger partial charge in [-0.1, -0.05) is 0 Å². The van der Waals surface area contributed by atoms with E-state index >= 15 is 0 Å². The SMILES string of the molecule is C=BN(C)N(C)C. The molecule has 0 atom stereocenters. The van der Waals surface area contributed by atoms with Crippen LogP contribution >= 0.6 is 0 Å². The summed E-state index contributed by atoms with van der Waals surface area (Å²) in [4.78, 5) is 1.89. The summed E-state index contributed by atoms with van der Waals surface area (Å²) in [7, 11) is 7.61. The second-order valence-electron chi connectivity index (χ2n) is 1.60. The van der Waals surface area contributed by atoms with Crippen LogP contribution in [0.3, 0.4) is 0 Å². The predicted octanol–water partition coefficient (Wildman–Crippen LogP) is -0.554. The van der Waals surface area contributed by atoms with Gasteiger partial charge in [-0.3, -0.25) is 0 Å². The van der Waals surface area contributed by atoms with Crippen molar-refractivity contribution in [2.75, 3.05) is 21.1 Å². The Kier molecular flexibility index (Phi) is 2.68. The van der Waals surface area contributed by atoms with Crippen molar-refractivity contribution < 1.29 is 0 Å². The van der Waals surface area contributed by atoms with Crippen LogP contribution in [0.25, 0.3) is 0 Å². The topological polar surface area (TPSA) is 6.48 Å². The summed E-state index contributed by atoms with van der Waals surface area (Å²) < 4.78 is 0. The van der Waals surface area contributed by atoms with Crippen molar-refractivity contribution in [1.29, 1.82) is 0 Å². The van der Waals surface area contributed by atoms with E-state index in [4.69, 9.17) is 0 Å². The standard InChI is InChI=1S/C4H11BN2/c1-5-7(4)6(2)3/h1H2,2-4H3. The monoisotopic (exact) mass is 98.1 g/mol. The fourth-order valence-corrected chi connectivity index (χ4v) is 0.163. The van der Waals surface area contributed by atoms with Crippen molar-refractivity contribution >= 4 is 13.5 Å². The first-order valence-corrected chi connectivity index (χ1v) is 2.21. The number of hydrogen-bond donors (Lipinski definition) is 0. The third-order valence-corrected chi connectivity index (χ3v) is 0.895. The molecule has 0 saturated carbocycles. The fourth-order valence-electron chi connectivity index (χ4n) is 0.163. The molecule has 3 heteroatoms. The second kappa shape index (κ2) is 2.80. The first kappa shape index (κ1) is 6.69. The Bertz CT molecular complexity index is 62.7. The molecular weight excluding hydrogens is 86.9 g/mol. The van der Waals surface area contributed by atoms with Gasteiger partial charge in [-0.05, 0) is 0 Å².